The molecule has 1 saturated carbocycles. The highest BCUT2D eigenvalue weighted by Crippen LogP contribution is 2.63. The van der Waals surface area contributed by atoms with Crippen molar-refractivity contribution in [1.29, 1.82) is 0 Å². The SMILES string of the molecule is CN1CCC2(CC1)CC2n1ccnc1-c1ccc2cccnc2c1. The first-order chi connectivity index (χ1) is 11.8. The minimum absolute atomic E-state index is 0.511. The number of likely N-dealkylation sites (tertiary alicyclic amines) is 1. The van der Waals surface area contributed by atoms with Crippen molar-refractivity contribution in [3.8, 4) is 11.4 Å². The van der Waals surface area contributed by atoms with E-state index in [-0.39, 0.29) is 0 Å². The van der Waals surface area contributed by atoms with Crippen LogP contribution in [0.25, 0.3) is 22.3 Å². The predicted molar refractivity (Wildman–Crippen MR) is 95.8 cm³/mol. The van der Waals surface area contributed by atoms with Crippen LogP contribution in [0.1, 0.15) is 25.3 Å². The first-order valence-electron chi connectivity index (χ1n) is 8.82. The van der Waals surface area contributed by atoms with Crippen molar-refractivity contribution >= 4 is 10.9 Å². The first-order valence-corrected chi connectivity index (χ1v) is 8.82. The van der Waals surface area contributed by atoms with Crippen molar-refractivity contribution in [3.05, 3.63) is 48.9 Å². The Morgan fingerprint density at radius 2 is 1.96 bits per heavy atom. The third-order valence-electron chi connectivity index (χ3n) is 6.00. The molecule has 4 heteroatoms. The van der Waals surface area contributed by atoms with E-state index in [9.17, 15) is 0 Å². The highest BCUT2D eigenvalue weighted by molar-refractivity contribution is 5.82. The molecule has 2 aliphatic rings. The van der Waals surface area contributed by atoms with Crippen LogP contribution in [0.3, 0.4) is 0 Å². The summed E-state index contributed by atoms with van der Waals surface area (Å²) in [5, 5.41) is 1.18. The van der Waals surface area contributed by atoms with Gasteiger partial charge in [-0.1, -0.05) is 18.2 Å². The fourth-order valence-corrected chi connectivity index (χ4v) is 4.31. The standard InChI is InChI=1S/C20H22N4/c1-23-10-6-20(7-11-23)14-18(20)24-12-9-22-19(24)16-5-4-15-3-2-8-21-17(15)13-16/h2-5,8-9,12-13,18H,6-7,10-11,14H2,1H3. The Hall–Kier alpha value is -2.20. The van der Waals surface area contributed by atoms with Gasteiger partial charge >= 0.3 is 0 Å². The third-order valence-corrected chi connectivity index (χ3v) is 6.00. The number of aromatic nitrogens is 3. The lowest BCUT2D eigenvalue weighted by molar-refractivity contribution is 0.193. The van der Waals surface area contributed by atoms with E-state index in [1.54, 1.807) is 0 Å². The Morgan fingerprint density at radius 1 is 1.08 bits per heavy atom. The topological polar surface area (TPSA) is 34.0 Å². The number of pyridine rings is 1. The van der Waals surface area contributed by atoms with E-state index < -0.39 is 0 Å². The quantitative estimate of drug-likeness (QED) is 0.721. The highest BCUT2D eigenvalue weighted by Gasteiger charge is 2.56. The van der Waals surface area contributed by atoms with E-state index >= 15 is 0 Å². The van der Waals surface area contributed by atoms with Gasteiger partial charge in [0.2, 0.25) is 0 Å². The number of rotatable bonds is 2. The number of piperidine rings is 1. The summed E-state index contributed by atoms with van der Waals surface area (Å²) < 4.78 is 2.41. The minimum Gasteiger partial charge on any atom is -0.327 e. The monoisotopic (exact) mass is 318 g/mol. The van der Waals surface area contributed by atoms with Gasteiger partial charge in [0, 0.05) is 35.6 Å². The Labute approximate surface area is 142 Å². The molecule has 1 spiro atoms. The van der Waals surface area contributed by atoms with Crippen molar-refractivity contribution in [1.82, 2.24) is 19.4 Å². The maximum absolute atomic E-state index is 4.67. The zero-order chi connectivity index (χ0) is 16.1. The lowest BCUT2D eigenvalue weighted by atomic mass is 9.93. The molecule has 2 fully saturated rings. The second-order valence-electron chi connectivity index (χ2n) is 7.45. The second kappa shape index (κ2) is 5.15. The molecule has 1 saturated heterocycles. The van der Waals surface area contributed by atoms with Gasteiger partial charge in [-0.15, -0.1) is 0 Å². The fourth-order valence-electron chi connectivity index (χ4n) is 4.31. The molecule has 1 unspecified atom stereocenters. The normalized spacial score (nSPS) is 23.0. The van der Waals surface area contributed by atoms with Crippen molar-refractivity contribution in [2.24, 2.45) is 5.41 Å². The lowest BCUT2D eigenvalue weighted by Crippen LogP contribution is -2.32. The van der Waals surface area contributed by atoms with E-state index in [0.29, 0.717) is 11.5 Å². The van der Waals surface area contributed by atoms with Crippen molar-refractivity contribution in [2.75, 3.05) is 20.1 Å². The zero-order valence-electron chi connectivity index (χ0n) is 14.0. The molecular weight excluding hydrogens is 296 g/mol. The van der Waals surface area contributed by atoms with Crippen LogP contribution < -0.4 is 0 Å². The Morgan fingerprint density at radius 3 is 2.83 bits per heavy atom. The molecule has 0 amide bonds. The fraction of sp³-hybridized carbons (Fsp3) is 0.400. The molecular formula is C20H22N4. The van der Waals surface area contributed by atoms with Gasteiger partial charge in [-0.3, -0.25) is 4.98 Å². The number of hydrogen-bond acceptors (Lipinski definition) is 3. The molecule has 0 radical (unpaired) electrons. The van der Waals surface area contributed by atoms with Crippen molar-refractivity contribution < 1.29 is 0 Å². The predicted octanol–water partition coefficient (Wildman–Crippen LogP) is 3.76. The van der Waals surface area contributed by atoms with Crippen LogP contribution in [0.15, 0.2) is 48.9 Å². The minimum atomic E-state index is 0.511. The van der Waals surface area contributed by atoms with E-state index in [1.807, 2.05) is 18.5 Å². The number of nitrogens with zero attached hydrogens (tertiary/aromatic N) is 4. The molecule has 5 rings (SSSR count). The molecule has 1 atom stereocenters. The number of hydrogen-bond donors (Lipinski definition) is 0. The van der Waals surface area contributed by atoms with Gasteiger partial charge in [-0.2, -0.15) is 0 Å². The summed E-state index contributed by atoms with van der Waals surface area (Å²) in [6.07, 6.45) is 9.88. The van der Waals surface area contributed by atoms with Crippen LogP contribution in [0.5, 0.6) is 0 Å². The smallest absolute Gasteiger partial charge is 0.140 e. The van der Waals surface area contributed by atoms with E-state index in [4.69, 9.17) is 0 Å². The maximum Gasteiger partial charge on any atom is 0.140 e. The van der Waals surface area contributed by atoms with Gasteiger partial charge in [0.05, 0.1) is 5.52 Å². The van der Waals surface area contributed by atoms with Crippen molar-refractivity contribution in [3.63, 3.8) is 0 Å². The molecule has 1 aromatic carbocycles. The largest absolute Gasteiger partial charge is 0.327 e. The van der Waals surface area contributed by atoms with Gasteiger partial charge in [-0.25, -0.2) is 4.98 Å². The Balaban J connectivity index is 1.49. The lowest BCUT2D eigenvalue weighted by Gasteiger charge is -2.30. The number of benzene rings is 1. The molecule has 0 N–H and O–H groups in total. The van der Waals surface area contributed by atoms with Crippen LogP contribution in [0, 0.1) is 5.41 Å². The summed E-state index contributed by atoms with van der Waals surface area (Å²) in [6, 6.07) is 11.2. The molecule has 24 heavy (non-hydrogen) atoms. The molecule has 0 bridgehead atoms. The Bertz CT molecular complexity index is 889. The van der Waals surface area contributed by atoms with E-state index in [1.165, 1.54) is 43.3 Å². The average Bonchev–Trinajstić information content (AvgIpc) is 3.09. The van der Waals surface area contributed by atoms with E-state index in [0.717, 1.165) is 11.3 Å². The van der Waals surface area contributed by atoms with Crippen LogP contribution in [0.4, 0.5) is 0 Å². The molecule has 2 aromatic heterocycles. The average molecular weight is 318 g/mol. The Kier molecular flexibility index (Phi) is 3.04. The van der Waals surface area contributed by atoms with Gasteiger partial charge in [0.25, 0.3) is 0 Å². The molecule has 4 nitrogen and oxygen atoms in total. The third kappa shape index (κ3) is 2.17. The molecule has 3 heterocycles. The summed E-state index contributed by atoms with van der Waals surface area (Å²) in [5.74, 6) is 1.09. The molecule has 1 aliphatic carbocycles. The summed E-state index contributed by atoms with van der Waals surface area (Å²) in [5.41, 5.74) is 2.72. The maximum atomic E-state index is 4.67. The number of imidazole rings is 1. The second-order valence-corrected chi connectivity index (χ2v) is 7.45. The summed E-state index contributed by atoms with van der Waals surface area (Å²) in [4.78, 5) is 11.6. The van der Waals surface area contributed by atoms with Crippen LogP contribution in [-0.2, 0) is 0 Å². The summed E-state index contributed by atoms with van der Waals surface area (Å²) in [7, 11) is 2.23. The van der Waals surface area contributed by atoms with Gasteiger partial charge in [-0.05, 0) is 56.9 Å². The van der Waals surface area contributed by atoms with Gasteiger partial charge in [0.1, 0.15) is 5.82 Å². The summed E-state index contributed by atoms with van der Waals surface area (Å²) >= 11 is 0. The molecule has 3 aromatic rings. The summed E-state index contributed by atoms with van der Waals surface area (Å²) in [6.45, 7) is 2.45. The van der Waals surface area contributed by atoms with Crippen LogP contribution in [0.2, 0.25) is 0 Å². The zero-order valence-corrected chi connectivity index (χ0v) is 14.0. The van der Waals surface area contributed by atoms with E-state index in [2.05, 4.69) is 56.9 Å². The number of fused-ring (bicyclic) bond motifs is 1. The first kappa shape index (κ1) is 14.2. The van der Waals surface area contributed by atoms with Crippen LogP contribution >= 0.6 is 0 Å². The highest BCUT2D eigenvalue weighted by atomic mass is 15.2. The van der Waals surface area contributed by atoms with Gasteiger partial charge < -0.3 is 9.47 Å². The van der Waals surface area contributed by atoms with Crippen LogP contribution in [-0.4, -0.2) is 39.6 Å². The van der Waals surface area contributed by atoms with Gasteiger partial charge in [0.15, 0.2) is 0 Å². The molecule has 122 valence electrons. The molecule has 1 aliphatic heterocycles. The van der Waals surface area contributed by atoms with Crippen molar-refractivity contribution in [2.45, 2.75) is 25.3 Å².